The summed E-state index contributed by atoms with van der Waals surface area (Å²) in [7, 11) is 0. The van der Waals surface area contributed by atoms with Crippen LogP contribution in [0, 0.1) is 0 Å². The van der Waals surface area contributed by atoms with Gasteiger partial charge in [-0.3, -0.25) is 9.69 Å². The number of nitrogens with zero attached hydrogens (tertiary/aromatic N) is 2. The Balaban J connectivity index is 2.05. The summed E-state index contributed by atoms with van der Waals surface area (Å²) in [6.07, 6.45) is 1.73. The van der Waals surface area contributed by atoms with Gasteiger partial charge in [0.15, 0.2) is 0 Å². The minimum Gasteiger partial charge on any atom is -0.481 e. The van der Waals surface area contributed by atoms with Crippen LogP contribution in [0.2, 0.25) is 0 Å². The fraction of sp³-hybridized carbons (Fsp3) is 0.500. The average Bonchev–Trinajstić information content (AvgIpc) is 2.34. The molecule has 1 unspecified atom stereocenters. The lowest BCUT2D eigenvalue weighted by molar-refractivity contribution is -0.140. The molecule has 2 rings (SSSR count). The molecule has 18 heavy (non-hydrogen) atoms. The standard InChI is InChI=1S/C12H17N3O3/c13-12-9(2-1-3-14-12)7-15-4-5-18-8-10(15)6-11(16)17/h1-3,10H,4-8H2,(H2,13,14)(H,16,17). The highest BCUT2D eigenvalue weighted by molar-refractivity contribution is 5.67. The molecule has 1 aromatic heterocycles. The minimum absolute atomic E-state index is 0.0835. The minimum atomic E-state index is -0.811. The zero-order valence-corrected chi connectivity index (χ0v) is 10.1. The number of carboxylic acids is 1. The number of morpholine rings is 1. The van der Waals surface area contributed by atoms with E-state index in [2.05, 4.69) is 9.88 Å². The number of pyridine rings is 1. The molecule has 6 heteroatoms. The highest BCUT2D eigenvalue weighted by Crippen LogP contribution is 2.17. The number of nitrogens with two attached hydrogens (primary N) is 1. The first-order valence-electron chi connectivity index (χ1n) is 5.90. The summed E-state index contributed by atoms with van der Waals surface area (Å²) in [5, 5.41) is 8.88. The SMILES string of the molecule is Nc1ncccc1CN1CCOCC1CC(=O)O. The van der Waals surface area contributed by atoms with E-state index >= 15 is 0 Å². The van der Waals surface area contributed by atoms with Gasteiger partial charge in [-0.2, -0.15) is 0 Å². The molecule has 0 bridgehead atoms. The maximum Gasteiger partial charge on any atom is 0.305 e. The van der Waals surface area contributed by atoms with Crippen molar-refractivity contribution in [1.82, 2.24) is 9.88 Å². The third-order valence-corrected chi connectivity index (χ3v) is 3.06. The molecular weight excluding hydrogens is 234 g/mol. The Morgan fingerprint density at radius 1 is 1.67 bits per heavy atom. The summed E-state index contributed by atoms with van der Waals surface area (Å²) in [5.41, 5.74) is 6.72. The Kier molecular flexibility index (Phi) is 4.11. The van der Waals surface area contributed by atoms with Crippen molar-refractivity contribution in [2.45, 2.75) is 19.0 Å². The molecule has 0 radical (unpaired) electrons. The highest BCUT2D eigenvalue weighted by Gasteiger charge is 2.25. The molecule has 6 nitrogen and oxygen atoms in total. The van der Waals surface area contributed by atoms with E-state index in [1.54, 1.807) is 6.20 Å². The van der Waals surface area contributed by atoms with E-state index in [9.17, 15) is 4.79 Å². The van der Waals surface area contributed by atoms with Gasteiger partial charge in [0.25, 0.3) is 0 Å². The van der Waals surface area contributed by atoms with E-state index in [1.807, 2.05) is 12.1 Å². The molecule has 2 heterocycles. The van der Waals surface area contributed by atoms with Gasteiger partial charge in [-0.25, -0.2) is 4.98 Å². The van der Waals surface area contributed by atoms with Gasteiger partial charge in [0.2, 0.25) is 0 Å². The van der Waals surface area contributed by atoms with Crippen LogP contribution in [-0.2, 0) is 16.1 Å². The molecule has 1 atom stereocenters. The molecule has 0 aliphatic carbocycles. The van der Waals surface area contributed by atoms with Gasteiger partial charge in [-0.15, -0.1) is 0 Å². The summed E-state index contributed by atoms with van der Waals surface area (Å²) in [6.45, 7) is 2.40. The molecule has 98 valence electrons. The van der Waals surface area contributed by atoms with E-state index in [1.165, 1.54) is 0 Å². The number of nitrogen functional groups attached to an aromatic ring is 1. The molecule has 3 N–H and O–H groups in total. The number of aromatic nitrogens is 1. The highest BCUT2D eigenvalue weighted by atomic mass is 16.5. The van der Waals surface area contributed by atoms with Crippen molar-refractivity contribution in [1.29, 1.82) is 0 Å². The normalized spacial score (nSPS) is 20.8. The van der Waals surface area contributed by atoms with Gasteiger partial charge < -0.3 is 15.6 Å². The molecule has 0 saturated carbocycles. The van der Waals surface area contributed by atoms with Crippen LogP contribution in [0.5, 0.6) is 0 Å². The second-order valence-corrected chi connectivity index (χ2v) is 4.34. The molecule has 0 amide bonds. The molecule has 0 spiro atoms. The number of ether oxygens (including phenoxy) is 1. The second kappa shape index (κ2) is 5.79. The first-order chi connectivity index (χ1) is 8.66. The topological polar surface area (TPSA) is 88.7 Å². The van der Waals surface area contributed by atoms with Crippen molar-refractivity contribution in [3.63, 3.8) is 0 Å². The smallest absolute Gasteiger partial charge is 0.305 e. The van der Waals surface area contributed by atoms with Gasteiger partial charge in [-0.1, -0.05) is 6.07 Å². The van der Waals surface area contributed by atoms with Crippen LogP contribution in [0.1, 0.15) is 12.0 Å². The van der Waals surface area contributed by atoms with Crippen molar-refractivity contribution < 1.29 is 14.6 Å². The van der Waals surface area contributed by atoms with Gasteiger partial charge in [0, 0.05) is 30.9 Å². The van der Waals surface area contributed by atoms with Crippen LogP contribution in [0.3, 0.4) is 0 Å². The lowest BCUT2D eigenvalue weighted by Crippen LogP contribution is -2.46. The summed E-state index contributed by atoms with van der Waals surface area (Å²) < 4.78 is 5.33. The van der Waals surface area contributed by atoms with Gasteiger partial charge in [0.05, 0.1) is 19.6 Å². The fourth-order valence-corrected chi connectivity index (χ4v) is 2.09. The molecule has 1 saturated heterocycles. The maximum atomic E-state index is 10.8. The van der Waals surface area contributed by atoms with E-state index in [0.717, 1.165) is 5.56 Å². The van der Waals surface area contributed by atoms with E-state index in [-0.39, 0.29) is 12.5 Å². The quantitative estimate of drug-likeness (QED) is 0.802. The Morgan fingerprint density at radius 2 is 2.50 bits per heavy atom. The van der Waals surface area contributed by atoms with E-state index in [0.29, 0.717) is 32.1 Å². The molecule has 1 fully saturated rings. The van der Waals surface area contributed by atoms with Crippen LogP contribution in [0.4, 0.5) is 5.82 Å². The lowest BCUT2D eigenvalue weighted by atomic mass is 10.1. The van der Waals surface area contributed by atoms with Crippen molar-refractivity contribution in [3.8, 4) is 0 Å². The Hall–Kier alpha value is -1.66. The van der Waals surface area contributed by atoms with Crippen molar-refractivity contribution >= 4 is 11.8 Å². The average molecular weight is 251 g/mol. The predicted molar refractivity (Wildman–Crippen MR) is 65.9 cm³/mol. The number of hydrogen-bond acceptors (Lipinski definition) is 5. The third-order valence-electron chi connectivity index (χ3n) is 3.06. The number of anilines is 1. The number of aliphatic carboxylic acids is 1. The number of hydrogen-bond donors (Lipinski definition) is 2. The van der Waals surface area contributed by atoms with E-state index < -0.39 is 5.97 Å². The molecule has 1 aromatic rings. The second-order valence-electron chi connectivity index (χ2n) is 4.34. The first kappa shape index (κ1) is 12.8. The zero-order valence-electron chi connectivity index (χ0n) is 10.1. The zero-order chi connectivity index (χ0) is 13.0. The largest absolute Gasteiger partial charge is 0.481 e. The number of rotatable bonds is 4. The fourth-order valence-electron chi connectivity index (χ4n) is 2.09. The predicted octanol–water partition coefficient (Wildman–Crippen LogP) is 0.339. The van der Waals surface area contributed by atoms with Crippen molar-refractivity contribution in [2.75, 3.05) is 25.5 Å². The van der Waals surface area contributed by atoms with Crippen LogP contribution in [0.25, 0.3) is 0 Å². The maximum absolute atomic E-state index is 10.8. The summed E-state index contributed by atoms with van der Waals surface area (Å²) >= 11 is 0. The Bertz CT molecular complexity index is 425. The lowest BCUT2D eigenvalue weighted by Gasteiger charge is -2.34. The molecule has 1 aliphatic rings. The van der Waals surface area contributed by atoms with Crippen LogP contribution in [0.15, 0.2) is 18.3 Å². The van der Waals surface area contributed by atoms with Gasteiger partial charge >= 0.3 is 5.97 Å². The summed E-state index contributed by atoms with van der Waals surface area (Å²) in [5.74, 6) is -0.312. The van der Waals surface area contributed by atoms with Crippen LogP contribution >= 0.6 is 0 Å². The monoisotopic (exact) mass is 251 g/mol. The van der Waals surface area contributed by atoms with Crippen molar-refractivity contribution in [3.05, 3.63) is 23.9 Å². The molecular formula is C12H17N3O3. The first-order valence-corrected chi connectivity index (χ1v) is 5.90. The van der Waals surface area contributed by atoms with Crippen LogP contribution < -0.4 is 5.73 Å². The van der Waals surface area contributed by atoms with Gasteiger partial charge in [0.1, 0.15) is 5.82 Å². The molecule has 1 aliphatic heterocycles. The van der Waals surface area contributed by atoms with Gasteiger partial charge in [-0.05, 0) is 6.07 Å². The number of carboxylic acid groups (broad SMARTS) is 1. The Labute approximate surface area is 105 Å². The molecule has 0 aromatic carbocycles. The number of carbonyl (C=O) groups is 1. The summed E-state index contributed by atoms with van der Waals surface area (Å²) in [4.78, 5) is 16.9. The Morgan fingerprint density at radius 3 is 3.22 bits per heavy atom. The third kappa shape index (κ3) is 3.18. The van der Waals surface area contributed by atoms with Crippen LogP contribution in [-0.4, -0.2) is 46.8 Å². The summed E-state index contributed by atoms with van der Waals surface area (Å²) in [6, 6.07) is 3.64. The van der Waals surface area contributed by atoms with E-state index in [4.69, 9.17) is 15.6 Å². The van der Waals surface area contributed by atoms with Crippen molar-refractivity contribution in [2.24, 2.45) is 0 Å².